The first-order chi connectivity index (χ1) is 14.3. The van der Waals surface area contributed by atoms with Crippen molar-refractivity contribution in [1.29, 1.82) is 0 Å². The van der Waals surface area contributed by atoms with Gasteiger partial charge in [-0.25, -0.2) is 4.98 Å². The Morgan fingerprint density at radius 3 is 2.83 bits per heavy atom. The van der Waals surface area contributed by atoms with Crippen molar-refractivity contribution in [3.8, 4) is 0 Å². The van der Waals surface area contributed by atoms with Crippen LogP contribution in [0.2, 0.25) is 0 Å². The first-order valence-electron chi connectivity index (χ1n) is 10.9. The molecule has 7 nitrogen and oxygen atoms in total. The summed E-state index contributed by atoms with van der Waals surface area (Å²) < 4.78 is 11.9. The number of fused-ring (bicyclic) bond motifs is 1. The number of aliphatic imine (C=N–C) groups is 1. The predicted molar refractivity (Wildman–Crippen MR) is 131 cm³/mol. The number of nitrogens with one attached hydrogen (secondary N) is 2. The van der Waals surface area contributed by atoms with Crippen LogP contribution < -0.4 is 5.32 Å². The van der Waals surface area contributed by atoms with Crippen LogP contribution in [-0.2, 0) is 15.9 Å². The number of rotatable bonds is 6. The molecule has 2 N–H and O–H groups in total. The second kappa shape index (κ2) is 11.9. The predicted octanol–water partition coefficient (Wildman–Crippen LogP) is 3.35. The minimum Gasteiger partial charge on any atom is -0.376 e. The number of hydrogen-bond acceptors (Lipinski definition) is 4. The van der Waals surface area contributed by atoms with Gasteiger partial charge in [0.1, 0.15) is 5.82 Å². The van der Waals surface area contributed by atoms with E-state index in [1.54, 1.807) is 0 Å². The number of para-hydroxylation sites is 2. The second-order valence-corrected chi connectivity index (χ2v) is 7.93. The Hall–Kier alpha value is -1.39. The van der Waals surface area contributed by atoms with Gasteiger partial charge in [0, 0.05) is 39.7 Å². The molecule has 1 atom stereocenters. The highest BCUT2D eigenvalue weighted by Crippen LogP contribution is 2.18. The molecule has 1 aromatic heterocycles. The number of nitrogens with zero attached hydrogens (tertiary/aromatic N) is 3. The van der Waals surface area contributed by atoms with Crippen LogP contribution in [0.5, 0.6) is 0 Å². The molecule has 2 aromatic rings. The maximum atomic E-state index is 6.13. The lowest BCUT2D eigenvalue weighted by atomic mass is 10.1. The Morgan fingerprint density at radius 2 is 2.10 bits per heavy atom. The van der Waals surface area contributed by atoms with Crippen molar-refractivity contribution >= 4 is 41.0 Å². The number of hydrogen-bond donors (Lipinski definition) is 2. The number of guanidine groups is 1. The van der Waals surface area contributed by atoms with Crippen LogP contribution in [0.4, 0.5) is 0 Å². The summed E-state index contributed by atoms with van der Waals surface area (Å²) in [6, 6.07) is 8.14. The van der Waals surface area contributed by atoms with E-state index in [0.717, 1.165) is 81.3 Å². The molecular formula is C22H34IN5O2. The van der Waals surface area contributed by atoms with Crippen LogP contribution >= 0.6 is 24.0 Å². The monoisotopic (exact) mass is 527 g/mol. The number of ether oxygens (including phenoxy) is 2. The van der Waals surface area contributed by atoms with Crippen LogP contribution in [0.15, 0.2) is 29.3 Å². The van der Waals surface area contributed by atoms with Gasteiger partial charge in [-0.2, -0.15) is 0 Å². The van der Waals surface area contributed by atoms with Crippen molar-refractivity contribution in [2.24, 2.45) is 4.99 Å². The first kappa shape index (κ1) is 23.3. The summed E-state index contributed by atoms with van der Waals surface area (Å²) in [6.07, 6.45) is 7.16. The van der Waals surface area contributed by atoms with Crippen molar-refractivity contribution in [2.45, 2.75) is 50.7 Å². The average molecular weight is 527 g/mol. The number of H-pyrrole nitrogens is 1. The summed E-state index contributed by atoms with van der Waals surface area (Å²) in [5.41, 5.74) is 2.11. The highest BCUT2D eigenvalue weighted by Gasteiger charge is 2.23. The van der Waals surface area contributed by atoms with Crippen molar-refractivity contribution in [2.75, 3.05) is 39.9 Å². The van der Waals surface area contributed by atoms with E-state index in [1.807, 2.05) is 25.2 Å². The van der Waals surface area contributed by atoms with E-state index in [0.29, 0.717) is 12.2 Å². The molecule has 0 bridgehead atoms. The van der Waals surface area contributed by atoms with Gasteiger partial charge >= 0.3 is 0 Å². The van der Waals surface area contributed by atoms with E-state index >= 15 is 0 Å². The number of piperidine rings is 1. The normalized spacial score (nSPS) is 20.9. The molecule has 2 saturated heterocycles. The van der Waals surface area contributed by atoms with Gasteiger partial charge < -0.3 is 24.7 Å². The van der Waals surface area contributed by atoms with Crippen molar-refractivity contribution < 1.29 is 9.47 Å². The number of aromatic nitrogens is 2. The van der Waals surface area contributed by atoms with Gasteiger partial charge in [-0.05, 0) is 44.2 Å². The van der Waals surface area contributed by atoms with E-state index < -0.39 is 0 Å². The van der Waals surface area contributed by atoms with Crippen LogP contribution in [0.3, 0.4) is 0 Å². The molecule has 2 fully saturated rings. The van der Waals surface area contributed by atoms with Crippen molar-refractivity contribution in [3.63, 3.8) is 0 Å². The van der Waals surface area contributed by atoms with Gasteiger partial charge in [0.2, 0.25) is 0 Å². The summed E-state index contributed by atoms with van der Waals surface area (Å²) in [4.78, 5) is 14.8. The molecule has 8 heteroatoms. The molecule has 0 spiro atoms. The third kappa shape index (κ3) is 6.31. The van der Waals surface area contributed by atoms with Crippen molar-refractivity contribution in [1.82, 2.24) is 20.2 Å². The fourth-order valence-corrected chi connectivity index (χ4v) is 4.17. The topological polar surface area (TPSA) is 74.8 Å². The third-order valence-electron chi connectivity index (χ3n) is 5.83. The Morgan fingerprint density at radius 1 is 1.27 bits per heavy atom. The fourth-order valence-electron chi connectivity index (χ4n) is 4.17. The molecule has 1 aromatic carbocycles. The summed E-state index contributed by atoms with van der Waals surface area (Å²) in [7, 11) is 1.85. The second-order valence-electron chi connectivity index (χ2n) is 7.93. The minimum atomic E-state index is 0. The Kier molecular flexibility index (Phi) is 9.20. The number of benzene rings is 1. The van der Waals surface area contributed by atoms with Gasteiger partial charge in [0.05, 0.1) is 29.8 Å². The van der Waals surface area contributed by atoms with E-state index in [1.165, 1.54) is 12.8 Å². The van der Waals surface area contributed by atoms with E-state index in [9.17, 15) is 0 Å². The average Bonchev–Trinajstić information content (AvgIpc) is 3.19. The largest absolute Gasteiger partial charge is 0.376 e. The van der Waals surface area contributed by atoms with Gasteiger partial charge in [0.15, 0.2) is 5.96 Å². The summed E-state index contributed by atoms with van der Waals surface area (Å²) in [6.45, 7) is 4.39. The molecule has 30 heavy (non-hydrogen) atoms. The number of likely N-dealkylation sites (tertiary alicyclic amines) is 1. The molecule has 0 aliphatic carbocycles. The van der Waals surface area contributed by atoms with E-state index in [-0.39, 0.29) is 24.0 Å². The van der Waals surface area contributed by atoms with E-state index in [4.69, 9.17) is 9.47 Å². The maximum Gasteiger partial charge on any atom is 0.193 e. The first-order valence-corrected chi connectivity index (χ1v) is 10.9. The summed E-state index contributed by atoms with van der Waals surface area (Å²) in [5.74, 6) is 1.97. The molecule has 2 aliphatic heterocycles. The standard InChI is InChI=1S/C22H33N5O2.HI/c1-23-22(24-12-9-21-25-19-7-2-3-8-20(19)26-21)27-13-10-17(11-14-27)29-16-18-6-4-5-15-28-18;/h2-3,7-8,17-18H,4-6,9-16H2,1H3,(H,23,24)(H,25,26);1H. The number of halogens is 1. The lowest BCUT2D eigenvalue weighted by Gasteiger charge is -2.35. The lowest BCUT2D eigenvalue weighted by Crippen LogP contribution is -2.47. The van der Waals surface area contributed by atoms with Crippen LogP contribution in [0.1, 0.15) is 37.9 Å². The molecule has 4 rings (SSSR count). The molecule has 1 unspecified atom stereocenters. The lowest BCUT2D eigenvalue weighted by molar-refractivity contribution is -0.0721. The molecule has 0 amide bonds. The smallest absolute Gasteiger partial charge is 0.193 e. The Balaban J connectivity index is 0.00000256. The van der Waals surface area contributed by atoms with Crippen LogP contribution in [-0.4, -0.2) is 72.9 Å². The van der Waals surface area contributed by atoms with Crippen LogP contribution in [0, 0.1) is 0 Å². The highest BCUT2D eigenvalue weighted by molar-refractivity contribution is 14.0. The maximum absolute atomic E-state index is 6.13. The van der Waals surface area contributed by atoms with Gasteiger partial charge in [0.25, 0.3) is 0 Å². The molecule has 0 saturated carbocycles. The van der Waals surface area contributed by atoms with Crippen LogP contribution in [0.25, 0.3) is 11.0 Å². The third-order valence-corrected chi connectivity index (χ3v) is 5.83. The summed E-state index contributed by atoms with van der Waals surface area (Å²) >= 11 is 0. The molecule has 3 heterocycles. The zero-order chi connectivity index (χ0) is 19.9. The zero-order valence-corrected chi connectivity index (χ0v) is 20.1. The van der Waals surface area contributed by atoms with Gasteiger partial charge in [-0.1, -0.05) is 12.1 Å². The summed E-state index contributed by atoms with van der Waals surface area (Å²) in [5, 5.41) is 3.49. The Labute approximate surface area is 196 Å². The Bertz CT molecular complexity index is 765. The minimum absolute atomic E-state index is 0. The number of imidazole rings is 1. The van der Waals surface area contributed by atoms with Gasteiger partial charge in [-0.15, -0.1) is 24.0 Å². The zero-order valence-electron chi connectivity index (χ0n) is 17.8. The molecule has 0 radical (unpaired) electrons. The SMILES string of the molecule is CN=C(NCCc1nc2ccccc2[nH]1)N1CCC(OCC2CCCCO2)CC1.I. The van der Waals surface area contributed by atoms with Gasteiger partial charge in [-0.3, -0.25) is 4.99 Å². The van der Waals surface area contributed by atoms with Crippen molar-refractivity contribution in [3.05, 3.63) is 30.1 Å². The molecular weight excluding hydrogens is 493 g/mol. The van der Waals surface area contributed by atoms with E-state index in [2.05, 4.69) is 31.2 Å². The molecule has 166 valence electrons. The fraction of sp³-hybridized carbons (Fsp3) is 0.636. The molecule has 2 aliphatic rings. The number of aromatic amines is 1. The highest BCUT2D eigenvalue weighted by atomic mass is 127. The quantitative estimate of drug-likeness (QED) is 0.343.